The lowest BCUT2D eigenvalue weighted by atomic mass is 9.87. The number of rotatable bonds is 7. The second-order valence-corrected chi connectivity index (χ2v) is 9.40. The number of hydrogen-bond acceptors (Lipinski definition) is 5. The summed E-state index contributed by atoms with van der Waals surface area (Å²) in [5.41, 5.74) is 1.76. The zero-order chi connectivity index (χ0) is 24.3. The minimum Gasteiger partial charge on any atom is -0.391 e. The summed E-state index contributed by atoms with van der Waals surface area (Å²) in [5, 5.41) is 11.6. The van der Waals surface area contributed by atoms with E-state index in [2.05, 4.69) is 4.74 Å². The third kappa shape index (κ3) is 5.15. The number of aliphatic hydroxyl groups excluding tert-OH is 1. The predicted octanol–water partition coefficient (Wildman–Crippen LogP) is 4.87. The fourth-order valence-corrected chi connectivity index (χ4v) is 4.97. The van der Waals surface area contributed by atoms with Gasteiger partial charge in [-0.15, -0.1) is 0 Å². The molecule has 1 aromatic heterocycles. The molecule has 0 spiro atoms. The van der Waals surface area contributed by atoms with Crippen molar-refractivity contribution < 1.29 is 28.5 Å². The number of pyridine rings is 1. The van der Waals surface area contributed by atoms with Gasteiger partial charge < -0.3 is 14.7 Å². The van der Waals surface area contributed by atoms with E-state index >= 15 is 0 Å². The molecule has 2 N–H and O–H groups in total. The number of aryl methyl sites for hydroxylation is 1. The van der Waals surface area contributed by atoms with Crippen molar-refractivity contribution in [2.24, 2.45) is 0 Å². The largest absolute Gasteiger partial charge is 0.391 e. The van der Waals surface area contributed by atoms with Gasteiger partial charge in [-0.3, -0.25) is 14.3 Å². The highest BCUT2D eigenvalue weighted by atomic mass is 31.1. The predicted molar refractivity (Wildman–Crippen MR) is 125 cm³/mol. The van der Waals surface area contributed by atoms with Crippen molar-refractivity contribution in [2.75, 3.05) is 0 Å². The quantitative estimate of drug-likeness (QED) is 0.291. The maximum absolute atomic E-state index is 14.1. The van der Waals surface area contributed by atoms with Gasteiger partial charge in [-0.25, -0.2) is 4.39 Å². The third-order valence-corrected chi connectivity index (χ3v) is 6.67. The number of benzene rings is 2. The van der Waals surface area contributed by atoms with E-state index in [-0.39, 0.29) is 11.7 Å². The fourth-order valence-electron chi connectivity index (χ4n) is 3.99. The number of fused-ring (bicyclic) bond motifs is 1. The van der Waals surface area contributed by atoms with Gasteiger partial charge in [0, 0.05) is 11.1 Å². The standard InChI is InChI=1S/C25H25FNO5P/c1-5-32-21(29)13-20(28)25(33(30)31)23-22(16-10-11-18(26)15(4)12-16)17-8-6-7-9-19(17)27-24(23)14(2)3/h1,6-12,14,20,25,28,33H,13H2,2-4H3,(H,30,31). The molecule has 6 nitrogen and oxygen atoms in total. The zero-order valence-electron chi connectivity index (χ0n) is 18.5. The molecule has 0 radical (unpaired) electrons. The van der Waals surface area contributed by atoms with Crippen molar-refractivity contribution in [1.29, 1.82) is 0 Å². The van der Waals surface area contributed by atoms with E-state index in [4.69, 9.17) is 11.4 Å². The van der Waals surface area contributed by atoms with Crippen molar-refractivity contribution in [3.63, 3.8) is 0 Å². The van der Waals surface area contributed by atoms with E-state index in [9.17, 15) is 23.7 Å². The van der Waals surface area contributed by atoms with Crippen molar-refractivity contribution >= 4 is 24.9 Å². The molecule has 0 aliphatic rings. The summed E-state index contributed by atoms with van der Waals surface area (Å²) < 4.78 is 31.2. The van der Waals surface area contributed by atoms with Crippen LogP contribution in [0.25, 0.3) is 22.0 Å². The summed E-state index contributed by atoms with van der Waals surface area (Å²) >= 11 is 0. The number of terminal acetylenes is 1. The number of esters is 1. The number of hydrogen-bond donors (Lipinski definition) is 2. The van der Waals surface area contributed by atoms with Crippen molar-refractivity contribution in [1.82, 2.24) is 4.98 Å². The monoisotopic (exact) mass is 469 g/mol. The minimum atomic E-state index is -3.43. The van der Waals surface area contributed by atoms with Gasteiger partial charge in [-0.05, 0) is 53.3 Å². The number of nitrogens with zero attached hydrogens (tertiary/aromatic N) is 1. The summed E-state index contributed by atoms with van der Waals surface area (Å²) in [7, 11) is -3.43. The molecule has 3 rings (SSSR count). The Morgan fingerprint density at radius 2 is 1.97 bits per heavy atom. The molecule has 0 aliphatic heterocycles. The molecule has 1 heterocycles. The number of carbonyl (C=O) groups is 1. The van der Waals surface area contributed by atoms with Crippen molar-refractivity contribution in [3.8, 4) is 23.7 Å². The Morgan fingerprint density at radius 1 is 1.27 bits per heavy atom. The Bertz CT molecular complexity index is 1270. The Morgan fingerprint density at radius 3 is 2.58 bits per heavy atom. The molecule has 3 unspecified atom stereocenters. The van der Waals surface area contributed by atoms with Crippen LogP contribution in [0, 0.1) is 25.3 Å². The minimum absolute atomic E-state index is 0.182. The lowest BCUT2D eigenvalue weighted by molar-refractivity contribution is -0.139. The van der Waals surface area contributed by atoms with Gasteiger partial charge in [-0.1, -0.05) is 44.5 Å². The third-order valence-electron chi connectivity index (χ3n) is 5.46. The molecule has 0 amide bonds. The van der Waals surface area contributed by atoms with E-state index < -0.39 is 32.2 Å². The molecule has 0 aliphatic carbocycles. The van der Waals surface area contributed by atoms with Crippen molar-refractivity contribution in [2.45, 2.75) is 44.9 Å². The van der Waals surface area contributed by atoms with Crippen molar-refractivity contribution in [3.05, 3.63) is 65.1 Å². The average Bonchev–Trinajstić information content (AvgIpc) is 2.75. The van der Waals surface area contributed by atoms with Gasteiger partial charge >= 0.3 is 5.97 Å². The van der Waals surface area contributed by atoms with Crippen LogP contribution in [0.4, 0.5) is 4.39 Å². The smallest absolute Gasteiger partial charge is 0.322 e. The SMILES string of the molecule is C#COC(=O)CC(O)C(c1c(C(C)C)nc2ccccc2c1-c1ccc(F)c(C)c1)[PH](=O)O. The Kier molecular flexibility index (Phi) is 7.65. The van der Waals surface area contributed by atoms with Gasteiger partial charge in [0.2, 0.25) is 0 Å². The normalized spacial score (nSPS) is 14.0. The number of para-hydroxylation sites is 1. The molecule has 2 aromatic carbocycles. The number of halogens is 1. The highest BCUT2D eigenvalue weighted by molar-refractivity contribution is 7.38. The average molecular weight is 469 g/mol. The fraction of sp³-hybridized carbons (Fsp3) is 0.280. The lowest BCUT2D eigenvalue weighted by Gasteiger charge is -2.27. The molecule has 0 saturated carbocycles. The molecular formula is C25H25FNO5P. The number of carbonyl (C=O) groups excluding carboxylic acids is 1. The van der Waals surface area contributed by atoms with Crippen LogP contribution in [-0.2, 0) is 14.1 Å². The summed E-state index contributed by atoms with van der Waals surface area (Å²) in [5.74, 6) is -1.46. The van der Waals surface area contributed by atoms with Gasteiger partial charge in [-0.2, -0.15) is 0 Å². The summed E-state index contributed by atoms with van der Waals surface area (Å²) in [6.07, 6.45) is 4.60. The molecule has 3 atom stereocenters. The lowest BCUT2D eigenvalue weighted by Crippen LogP contribution is -2.23. The first-order valence-corrected chi connectivity index (χ1v) is 11.8. The van der Waals surface area contributed by atoms with Gasteiger partial charge in [0.05, 0.1) is 23.7 Å². The highest BCUT2D eigenvalue weighted by Crippen LogP contribution is 2.49. The Hall–Kier alpha value is -3.04. The molecule has 3 aromatic rings. The number of ether oxygens (including phenoxy) is 1. The second kappa shape index (κ2) is 10.3. The Balaban J connectivity index is 2.39. The maximum Gasteiger partial charge on any atom is 0.322 e. The zero-order valence-corrected chi connectivity index (χ0v) is 19.5. The summed E-state index contributed by atoms with van der Waals surface area (Å²) in [4.78, 5) is 27.0. The molecule has 0 saturated heterocycles. The van der Waals surface area contributed by atoms with Crippen LogP contribution in [0.3, 0.4) is 0 Å². The van der Waals surface area contributed by atoms with Crippen LogP contribution in [0.5, 0.6) is 0 Å². The van der Waals surface area contributed by atoms with Crippen LogP contribution in [0.15, 0.2) is 42.5 Å². The molecule has 172 valence electrons. The van der Waals surface area contributed by atoms with E-state index in [0.29, 0.717) is 38.9 Å². The topological polar surface area (TPSA) is 96.7 Å². The van der Waals surface area contributed by atoms with Crippen LogP contribution >= 0.6 is 8.03 Å². The molecular weight excluding hydrogens is 444 g/mol. The number of aromatic nitrogens is 1. The molecule has 8 heteroatoms. The van der Waals surface area contributed by atoms with Crippen LogP contribution in [-0.4, -0.2) is 27.1 Å². The van der Waals surface area contributed by atoms with Crippen LogP contribution in [0.1, 0.15) is 48.7 Å². The first-order valence-electron chi connectivity index (χ1n) is 10.4. The van der Waals surface area contributed by atoms with E-state index in [0.717, 1.165) is 0 Å². The molecule has 33 heavy (non-hydrogen) atoms. The molecule has 0 bridgehead atoms. The van der Waals surface area contributed by atoms with E-state index in [1.54, 1.807) is 31.2 Å². The van der Waals surface area contributed by atoms with E-state index in [1.165, 1.54) is 6.07 Å². The van der Waals surface area contributed by atoms with E-state index in [1.807, 2.05) is 32.0 Å². The van der Waals surface area contributed by atoms with Crippen LogP contribution < -0.4 is 0 Å². The first kappa shape index (κ1) is 24.6. The highest BCUT2D eigenvalue weighted by Gasteiger charge is 2.35. The first-order chi connectivity index (χ1) is 15.6. The second-order valence-electron chi connectivity index (χ2n) is 8.10. The summed E-state index contributed by atoms with van der Waals surface area (Å²) in [6.45, 7) is 5.39. The number of aliphatic hydroxyl groups is 1. The Labute approximate surface area is 192 Å². The van der Waals surface area contributed by atoms with Gasteiger partial charge in [0.15, 0.2) is 8.03 Å². The van der Waals surface area contributed by atoms with Gasteiger partial charge in [0.1, 0.15) is 11.9 Å². The van der Waals surface area contributed by atoms with Crippen LogP contribution in [0.2, 0.25) is 0 Å². The maximum atomic E-state index is 14.1. The van der Waals surface area contributed by atoms with Gasteiger partial charge in [0.25, 0.3) is 0 Å². The summed E-state index contributed by atoms with van der Waals surface area (Å²) in [6, 6.07) is 11.8. The molecule has 0 fully saturated rings.